The number of carbonyl (C=O) groups excluding carboxylic acids is 1. The van der Waals surface area contributed by atoms with Crippen molar-refractivity contribution in [1.82, 2.24) is 19.7 Å². The molecule has 1 aromatic heterocycles. The smallest absolute Gasteiger partial charge is 0.257 e. The molecular formula is C24H25ClN4O2S. The fraction of sp³-hybridized carbons (Fsp3) is 0.375. The standard InChI is InChI=1S/C24H25ClN4O2S/c25-18-7-5-16(6-8-18)15-31-21-4-2-1-3-20(21)23(30)28-13-11-17(12-14-28)22-26-27-24(32)29(22)19-9-10-19/h1-8,17,19H,9-15H2,(H,27,32). The van der Waals surface area contributed by atoms with Crippen LogP contribution in [0.5, 0.6) is 5.75 Å². The van der Waals surface area contributed by atoms with E-state index in [4.69, 9.17) is 28.6 Å². The Balaban J connectivity index is 1.25. The minimum absolute atomic E-state index is 0.0104. The van der Waals surface area contributed by atoms with Gasteiger partial charge >= 0.3 is 0 Å². The maximum Gasteiger partial charge on any atom is 0.257 e. The molecular weight excluding hydrogens is 444 g/mol. The second kappa shape index (κ2) is 9.08. The third kappa shape index (κ3) is 4.45. The number of nitrogens with zero attached hydrogens (tertiary/aromatic N) is 3. The molecule has 0 unspecified atom stereocenters. The van der Waals surface area contributed by atoms with Crippen molar-refractivity contribution in [2.45, 2.75) is 44.2 Å². The van der Waals surface area contributed by atoms with E-state index >= 15 is 0 Å². The highest BCUT2D eigenvalue weighted by Gasteiger charge is 2.33. The lowest BCUT2D eigenvalue weighted by Crippen LogP contribution is -2.38. The quantitative estimate of drug-likeness (QED) is 0.483. The number of amides is 1. The van der Waals surface area contributed by atoms with Crippen LogP contribution < -0.4 is 4.74 Å². The maximum atomic E-state index is 13.3. The Bertz CT molecular complexity index is 1160. The Hall–Kier alpha value is -2.64. The third-order valence-electron chi connectivity index (χ3n) is 6.22. The van der Waals surface area contributed by atoms with Gasteiger partial charge < -0.3 is 14.2 Å². The Morgan fingerprint density at radius 2 is 1.81 bits per heavy atom. The number of likely N-dealkylation sites (tertiary alicyclic amines) is 1. The van der Waals surface area contributed by atoms with Crippen molar-refractivity contribution >= 4 is 29.7 Å². The van der Waals surface area contributed by atoms with Crippen LogP contribution in [-0.2, 0) is 6.61 Å². The van der Waals surface area contributed by atoms with E-state index in [1.165, 1.54) is 12.8 Å². The van der Waals surface area contributed by atoms with Crippen molar-refractivity contribution < 1.29 is 9.53 Å². The largest absolute Gasteiger partial charge is 0.488 e. The lowest BCUT2D eigenvalue weighted by molar-refractivity contribution is 0.0705. The molecule has 8 heteroatoms. The van der Waals surface area contributed by atoms with Gasteiger partial charge in [-0.25, -0.2) is 0 Å². The van der Waals surface area contributed by atoms with E-state index in [9.17, 15) is 4.79 Å². The molecule has 0 atom stereocenters. The zero-order valence-corrected chi connectivity index (χ0v) is 19.2. The van der Waals surface area contributed by atoms with Crippen molar-refractivity contribution in [3.05, 3.63) is 75.3 Å². The van der Waals surface area contributed by atoms with E-state index in [-0.39, 0.29) is 5.91 Å². The topological polar surface area (TPSA) is 63.1 Å². The molecule has 1 amide bonds. The molecule has 2 aliphatic rings. The summed E-state index contributed by atoms with van der Waals surface area (Å²) in [5.41, 5.74) is 1.60. The number of aromatic amines is 1. The first kappa shape index (κ1) is 21.2. The number of para-hydroxylation sites is 1. The van der Waals surface area contributed by atoms with Crippen LogP contribution in [0, 0.1) is 4.77 Å². The summed E-state index contributed by atoms with van der Waals surface area (Å²) < 4.78 is 8.90. The molecule has 6 nitrogen and oxygen atoms in total. The van der Waals surface area contributed by atoms with Crippen LogP contribution in [-0.4, -0.2) is 38.7 Å². The van der Waals surface area contributed by atoms with Crippen LogP contribution in [0.4, 0.5) is 0 Å². The summed E-state index contributed by atoms with van der Waals surface area (Å²) in [5, 5.41) is 8.17. The van der Waals surface area contributed by atoms with Crippen LogP contribution in [0.15, 0.2) is 48.5 Å². The number of hydrogen-bond acceptors (Lipinski definition) is 4. The van der Waals surface area contributed by atoms with E-state index in [0.717, 1.165) is 24.2 Å². The van der Waals surface area contributed by atoms with E-state index in [1.807, 2.05) is 53.4 Å². The number of hydrogen-bond donors (Lipinski definition) is 1. The Kier molecular flexibility index (Phi) is 6.02. The number of nitrogens with one attached hydrogen (secondary N) is 1. The van der Waals surface area contributed by atoms with Crippen molar-refractivity contribution in [3.63, 3.8) is 0 Å². The van der Waals surface area contributed by atoms with Gasteiger partial charge in [0.15, 0.2) is 4.77 Å². The van der Waals surface area contributed by atoms with Gasteiger partial charge in [-0.3, -0.25) is 9.89 Å². The first-order chi connectivity index (χ1) is 15.6. The second-order valence-corrected chi connectivity index (χ2v) is 9.29. The molecule has 5 rings (SSSR count). The van der Waals surface area contributed by atoms with E-state index < -0.39 is 0 Å². The average molecular weight is 469 g/mol. The zero-order chi connectivity index (χ0) is 22.1. The lowest BCUT2D eigenvalue weighted by Gasteiger charge is -2.32. The molecule has 166 valence electrons. The minimum atomic E-state index is 0.0104. The predicted molar refractivity (Wildman–Crippen MR) is 126 cm³/mol. The monoisotopic (exact) mass is 468 g/mol. The fourth-order valence-corrected chi connectivity index (χ4v) is 4.73. The minimum Gasteiger partial charge on any atom is -0.488 e. The SMILES string of the molecule is O=C(c1ccccc1OCc1ccc(Cl)cc1)N1CCC(c2n[nH]c(=S)n2C2CC2)CC1. The predicted octanol–water partition coefficient (Wildman–Crippen LogP) is 5.53. The summed E-state index contributed by atoms with van der Waals surface area (Å²) in [7, 11) is 0. The van der Waals surface area contributed by atoms with Gasteiger partial charge in [0.05, 0.1) is 5.56 Å². The Morgan fingerprint density at radius 3 is 2.53 bits per heavy atom. The Morgan fingerprint density at radius 1 is 1.09 bits per heavy atom. The summed E-state index contributed by atoms with van der Waals surface area (Å²) in [5.74, 6) is 1.99. The summed E-state index contributed by atoms with van der Waals surface area (Å²) in [6.45, 7) is 1.77. The van der Waals surface area contributed by atoms with Crippen LogP contribution in [0.3, 0.4) is 0 Å². The second-order valence-electron chi connectivity index (χ2n) is 8.47. The highest BCUT2D eigenvalue weighted by atomic mass is 35.5. The first-order valence-corrected chi connectivity index (χ1v) is 11.8. The van der Waals surface area contributed by atoms with Gasteiger partial charge in [0.2, 0.25) is 0 Å². The van der Waals surface area contributed by atoms with E-state index in [2.05, 4.69) is 14.8 Å². The molecule has 1 saturated carbocycles. The zero-order valence-electron chi connectivity index (χ0n) is 17.7. The summed E-state index contributed by atoms with van der Waals surface area (Å²) in [6, 6.07) is 15.5. The molecule has 2 heterocycles. The lowest BCUT2D eigenvalue weighted by atomic mass is 9.95. The maximum absolute atomic E-state index is 13.3. The molecule has 0 radical (unpaired) electrons. The number of ether oxygens (including phenoxy) is 1. The van der Waals surface area contributed by atoms with Crippen molar-refractivity contribution in [3.8, 4) is 5.75 Å². The third-order valence-corrected chi connectivity index (χ3v) is 6.76. The number of rotatable bonds is 6. The number of benzene rings is 2. The molecule has 1 saturated heterocycles. The molecule has 1 aliphatic heterocycles. The van der Waals surface area contributed by atoms with E-state index in [0.29, 0.717) is 52.8 Å². The average Bonchev–Trinajstić information content (AvgIpc) is 3.59. The van der Waals surface area contributed by atoms with E-state index in [1.54, 1.807) is 0 Å². The van der Waals surface area contributed by atoms with Gasteiger partial charge in [0.25, 0.3) is 5.91 Å². The van der Waals surface area contributed by atoms with Crippen LogP contribution in [0.25, 0.3) is 0 Å². The molecule has 2 fully saturated rings. The van der Waals surface area contributed by atoms with Crippen molar-refractivity contribution in [2.75, 3.05) is 13.1 Å². The molecule has 2 aromatic carbocycles. The molecule has 1 aliphatic carbocycles. The molecule has 3 aromatic rings. The van der Waals surface area contributed by atoms with Crippen LogP contribution in [0.2, 0.25) is 5.02 Å². The highest BCUT2D eigenvalue weighted by molar-refractivity contribution is 7.71. The number of aromatic nitrogens is 3. The summed E-state index contributed by atoms with van der Waals surface area (Å²) in [4.78, 5) is 15.2. The molecule has 0 spiro atoms. The van der Waals surface area contributed by atoms with Crippen LogP contribution >= 0.6 is 23.8 Å². The summed E-state index contributed by atoms with van der Waals surface area (Å²) >= 11 is 11.4. The normalized spacial score (nSPS) is 16.8. The molecule has 32 heavy (non-hydrogen) atoms. The summed E-state index contributed by atoms with van der Waals surface area (Å²) in [6.07, 6.45) is 4.10. The first-order valence-electron chi connectivity index (χ1n) is 11.0. The van der Waals surface area contributed by atoms with Gasteiger partial charge in [-0.1, -0.05) is 35.9 Å². The molecule has 1 N–H and O–H groups in total. The van der Waals surface area contributed by atoms with Gasteiger partial charge in [0.1, 0.15) is 18.2 Å². The van der Waals surface area contributed by atoms with Crippen LogP contribution in [0.1, 0.15) is 59.4 Å². The number of piperidine rings is 1. The van der Waals surface area contributed by atoms with Crippen molar-refractivity contribution in [1.29, 1.82) is 0 Å². The van der Waals surface area contributed by atoms with Crippen molar-refractivity contribution in [2.24, 2.45) is 0 Å². The van der Waals surface area contributed by atoms with Gasteiger partial charge in [-0.05, 0) is 67.7 Å². The molecule has 0 bridgehead atoms. The van der Waals surface area contributed by atoms with Gasteiger partial charge in [-0.15, -0.1) is 0 Å². The number of halogens is 1. The van der Waals surface area contributed by atoms with Gasteiger partial charge in [0, 0.05) is 30.1 Å². The van der Waals surface area contributed by atoms with Gasteiger partial charge in [-0.2, -0.15) is 5.10 Å². The Labute approximate surface area is 197 Å². The highest BCUT2D eigenvalue weighted by Crippen LogP contribution is 2.39. The number of carbonyl (C=O) groups is 1. The number of H-pyrrole nitrogens is 1. The fourth-order valence-electron chi connectivity index (χ4n) is 4.31.